The number of nitriles is 1. The van der Waals surface area contributed by atoms with E-state index in [0.717, 1.165) is 30.5 Å². The van der Waals surface area contributed by atoms with E-state index in [1.165, 1.54) is 38.5 Å². The van der Waals surface area contributed by atoms with Gasteiger partial charge < -0.3 is 4.57 Å². The lowest BCUT2D eigenvalue weighted by molar-refractivity contribution is 0.227. The van der Waals surface area contributed by atoms with Crippen LogP contribution in [0, 0.1) is 29.2 Å². The Bertz CT molecular complexity index is 1620. The minimum absolute atomic E-state index is 0.0363. The number of hydrogen-bond acceptors (Lipinski definition) is 1. The molecule has 1 aromatic heterocycles. The van der Waals surface area contributed by atoms with E-state index in [1.54, 1.807) is 0 Å². The summed E-state index contributed by atoms with van der Waals surface area (Å²) in [6.45, 7) is 11.9. The smallest absolute Gasteiger partial charge is 0.265 e. The SMILES string of the molecule is [C-]#[N+]C(C#N)=C1C=C2C=C(c3ccc(-n4c5ccccc5c5ccccc54)cc3)CCC2C(C)(C)C1. The first kappa shape index (κ1) is 22.1. The zero-order valence-electron chi connectivity index (χ0n) is 20.6. The number of fused-ring (bicyclic) bond motifs is 4. The summed E-state index contributed by atoms with van der Waals surface area (Å²) in [5.74, 6) is 0.451. The largest absolute Gasteiger partial charge is 0.309 e. The van der Waals surface area contributed by atoms with E-state index in [9.17, 15) is 5.26 Å². The van der Waals surface area contributed by atoms with Gasteiger partial charge in [-0.2, -0.15) is 0 Å². The summed E-state index contributed by atoms with van der Waals surface area (Å²) in [4.78, 5) is 3.49. The Morgan fingerprint density at radius 3 is 2.19 bits per heavy atom. The van der Waals surface area contributed by atoms with Gasteiger partial charge in [-0.3, -0.25) is 0 Å². The molecular weight excluding hydrogens is 438 g/mol. The van der Waals surface area contributed by atoms with E-state index in [1.807, 2.05) is 0 Å². The average molecular weight is 466 g/mol. The van der Waals surface area contributed by atoms with Crippen LogP contribution in [0.5, 0.6) is 0 Å². The highest BCUT2D eigenvalue weighted by atomic mass is 15.0. The summed E-state index contributed by atoms with van der Waals surface area (Å²) in [5, 5.41) is 12.0. The van der Waals surface area contributed by atoms with Crippen molar-refractivity contribution in [1.29, 1.82) is 5.26 Å². The topological polar surface area (TPSA) is 33.1 Å². The zero-order chi connectivity index (χ0) is 24.9. The van der Waals surface area contributed by atoms with E-state index in [0.29, 0.717) is 5.92 Å². The molecule has 0 spiro atoms. The van der Waals surface area contributed by atoms with Crippen molar-refractivity contribution in [3.05, 3.63) is 119 Å². The second-order valence-electron chi connectivity index (χ2n) is 10.6. The van der Waals surface area contributed by atoms with Gasteiger partial charge in [-0.1, -0.05) is 74.5 Å². The lowest BCUT2D eigenvalue weighted by atomic mass is 9.62. The van der Waals surface area contributed by atoms with Gasteiger partial charge in [-0.05, 0) is 77.1 Å². The molecule has 2 aliphatic rings. The summed E-state index contributed by atoms with van der Waals surface area (Å²) in [5.41, 5.74) is 8.54. The van der Waals surface area contributed by atoms with Gasteiger partial charge in [0.2, 0.25) is 0 Å². The van der Waals surface area contributed by atoms with Gasteiger partial charge in [0, 0.05) is 16.5 Å². The molecule has 1 atom stereocenters. The highest BCUT2D eigenvalue weighted by Crippen LogP contribution is 2.50. The Morgan fingerprint density at radius 2 is 1.58 bits per heavy atom. The molecule has 4 aromatic rings. The van der Waals surface area contributed by atoms with Crippen molar-refractivity contribution in [3.63, 3.8) is 0 Å². The molecule has 1 unspecified atom stereocenters. The van der Waals surface area contributed by atoms with Crippen LogP contribution >= 0.6 is 0 Å². The summed E-state index contributed by atoms with van der Waals surface area (Å²) in [6.07, 6.45) is 7.32. The van der Waals surface area contributed by atoms with Crippen molar-refractivity contribution < 1.29 is 0 Å². The summed E-state index contributed by atoms with van der Waals surface area (Å²) >= 11 is 0. The van der Waals surface area contributed by atoms with Crippen LogP contribution in [0.4, 0.5) is 0 Å². The monoisotopic (exact) mass is 465 g/mol. The Labute approximate surface area is 212 Å². The second-order valence-corrected chi connectivity index (χ2v) is 10.6. The first-order valence-corrected chi connectivity index (χ1v) is 12.5. The van der Waals surface area contributed by atoms with Crippen molar-refractivity contribution in [1.82, 2.24) is 4.57 Å². The van der Waals surface area contributed by atoms with Crippen LogP contribution in [-0.4, -0.2) is 4.57 Å². The van der Waals surface area contributed by atoms with Crippen LogP contribution in [-0.2, 0) is 0 Å². The van der Waals surface area contributed by atoms with E-state index in [4.69, 9.17) is 6.57 Å². The fourth-order valence-electron chi connectivity index (χ4n) is 6.26. The molecule has 0 saturated heterocycles. The standard InChI is InChI=1S/C33H27N3/c1-33(2)20-25(30(21-34)35-3)19-24-18-23(14-17-29(24)33)22-12-15-26(16-13-22)36-31-10-6-4-8-27(31)28-9-5-7-11-32(28)36/h4-13,15-16,18-19,29H,14,17,20H2,1-2H3. The number of para-hydroxylation sites is 2. The molecule has 1 heterocycles. The molecule has 174 valence electrons. The summed E-state index contributed by atoms with van der Waals surface area (Å²) < 4.78 is 2.34. The Hall–Kier alpha value is -4.34. The average Bonchev–Trinajstić information content (AvgIpc) is 3.23. The van der Waals surface area contributed by atoms with E-state index in [2.05, 4.69) is 114 Å². The van der Waals surface area contributed by atoms with Crippen molar-refractivity contribution in [2.24, 2.45) is 11.3 Å². The Kier molecular flexibility index (Phi) is 5.17. The predicted octanol–water partition coefficient (Wildman–Crippen LogP) is 8.63. The molecular formula is C33H27N3. The van der Waals surface area contributed by atoms with Crippen molar-refractivity contribution >= 4 is 27.4 Å². The summed E-state index contributed by atoms with van der Waals surface area (Å²) in [7, 11) is 0. The fraction of sp³-hybridized carbons (Fsp3) is 0.212. The van der Waals surface area contributed by atoms with E-state index >= 15 is 0 Å². The Balaban J connectivity index is 1.41. The van der Waals surface area contributed by atoms with Gasteiger partial charge >= 0.3 is 0 Å². The number of allylic oxidation sites excluding steroid dienone is 6. The van der Waals surface area contributed by atoms with Gasteiger partial charge in [-0.25, -0.2) is 10.1 Å². The van der Waals surface area contributed by atoms with Crippen LogP contribution in [0.2, 0.25) is 0 Å². The molecule has 0 radical (unpaired) electrons. The van der Waals surface area contributed by atoms with Crippen LogP contribution < -0.4 is 0 Å². The molecule has 3 heteroatoms. The Morgan fingerprint density at radius 1 is 0.944 bits per heavy atom. The third kappa shape index (κ3) is 3.48. The van der Waals surface area contributed by atoms with E-state index in [-0.39, 0.29) is 11.1 Å². The zero-order valence-corrected chi connectivity index (χ0v) is 20.6. The number of nitrogens with zero attached hydrogens (tertiary/aromatic N) is 3. The minimum atomic E-state index is 0.0363. The van der Waals surface area contributed by atoms with Crippen molar-refractivity contribution in [3.8, 4) is 11.8 Å². The quantitative estimate of drug-likeness (QED) is 0.215. The second kappa shape index (κ2) is 8.40. The third-order valence-electron chi connectivity index (χ3n) is 7.97. The molecule has 3 aromatic carbocycles. The number of hydrogen-bond donors (Lipinski definition) is 0. The van der Waals surface area contributed by atoms with Gasteiger partial charge in [0.15, 0.2) is 0 Å². The van der Waals surface area contributed by atoms with Crippen LogP contribution in [0.1, 0.15) is 38.7 Å². The maximum atomic E-state index is 9.44. The minimum Gasteiger partial charge on any atom is -0.309 e. The molecule has 0 aliphatic heterocycles. The molecule has 0 amide bonds. The number of benzene rings is 3. The normalized spacial score (nSPS) is 20.2. The maximum Gasteiger partial charge on any atom is 0.265 e. The van der Waals surface area contributed by atoms with Gasteiger partial charge in [0.05, 0.1) is 23.7 Å². The number of rotatable bonds is 2. The van der Waals surface area contributed by atoms with Crippen molar-refractivity contribution in [2.75, 3.05) is 0 Å². The molecule has 0 saturated carbocycles. The first-order valence-electron chi connectivity index (χ1n) is 12.5. The fourth-order valence-corrected chi connectivity index (χ4v) is 6.26. The van der Waals surface area contributed by atoms with Gasteiger partial charge in [-0.15, -0.1) is 0 Å². The van der Waals surface area contributed by atoms with Gasteiger partial charge in [0.25, 0.3) is 5.70 Å². The molecule has 6 rings (SSSR count). The number of aromatic nitrogens is 1. The summed E-state index contributed by atoms with van der Waals surface area (Å²) in [6, 6.07) is 28.2. The third-order valence-corrected chi connectivity index (χ3v) is 7.97. The lowest BCUT2D eigenvalue weighted by Gasteiger charge is -2.42. The maximum absolute atomic E-state index is 9.44. The molecule has 0 fully saturated rings. The van der Waals surface area contributed by atoms with Crippen molar-refractivity contribution in [2.45, 2.75) is 33.1 Å². The van der Waals surface area contributed by atoms with E-state index < -0.39 is 0 Å². The van der Waals surface area contributed by atoms with Crippen LogP contribution in [0.25, 0.3) is 37.9 Å². The predicted molar refractivity (Wildman–Crippen MR) is 147 cm³/mol. The lowest BCUT2D eigenvalue weighted by Crippen LogP contribution is -2.31. The molecule has 2 aliphatic carbocycles. The molecule has 36 heavy (non-hydrogen) atoms. The molecule has 0 bridgehead atoms. The first-order chi connectivity index (χ1) is 17.5. The van der Waals surface area contributed by atoms with Gasteiger partial charge in [0.1, 0.15) is 0 Å². The molecule has 3 nitrogen and oxygen atoms in total. The van der Waals surface area contributed by atoms with Crippen LogP contribution in [0.15, 0.2) is 102 Å². The van der Waals surface area contributed by atoms with Crippen LogP contribution in [0.3, 0.4) is 0 Å². The highest BCUT2D eigenvalue weighted by Gasteiger charge is 2.38. The highest BCUT2D eigenvalue weighted by molar-refractivity contribution is 6.09. The molecule has 0 N–H and O–H groups in total.